The Morgan fingerprint density at radius 1 is 1.30 bits per heavy atom. The Morgan fingerprint density at radius 3 is 2.80 bits per heavy atom. The van der Waals surface area contributed by atoms with E-state index >= 15 is 0 Å². The van der Waals surface area contributed by atoms with Crippen LogP contribution >= 0.6 is 11.6 Å². The van der Waals surface area contributed by atoms with Gasteiger partial charge in [-0.2, -0.15) is 0 Å². The Balaban J connectivity index is 2.09. The molecule has 0 aliphatic rings. The minimum atomic E-state index is -0.411. The first kappa shape index (κ1) is 14.3. The van der Waals surface area contributed by atoms with Gasteiger partial charge in [0.05, 0.1) is 12.7 Å². The highest BCUT2D eigenvalue weighted by Gasteiger charge is 2.06. The predicted octanol–water partition coefficient (Wildman–Crippen LogP) is 3.88. The highest BCUT2D eigenvalue weighted by atomic mass is 35.5. The lowest BCUT2D eigenvalue weighted by atomic mass is 10.2. The molecule has 0 aliphatic heterocycles. The largest absolute Gasteiger partial charge is 0.465 e. The SMILES string of the molecule is COC(=O)c1cccc(NCc2ccc(Cl)cc2F)c1. The molecule has 0 saturated carbocycles. The summed E-state index contributed by atoms with van der Waals surface area (Å²) in [6.45, 7) is 0.299. The van der Waals surface area contributed by atoms with E-state index in [0.717, 1.165) is 0 Å². The van der Waals surface area contributed by atoms with Crippen molar-refractivity contribution in [1.29, 1.82) is 0 Å². The van der Waals surface area contributed by atoms with Crippen molar-refractivity contribution in [2.75, 3.05) is 12.4 Å². The molecule has 104 valence electrons. The van der Waals surface area contributed by atoms with Crippen molar-refractivity contribution in [3.63, 3.8) is 0 Å². The fourth-order valence-corrected chi connectivity index (χ4v) is 1.90. The van der Waals surface area contributed by atoms with Crippen LogP contribution in [-0.4, -0.2) is 13.1 Å². The van der Waals surface area contributed by atoms with Gasteiger partial charge in [0.1, 0.15) is 5.82 Å². The Bertz CT molecular complexity index is 631. The highest BCUT2D eigenvalue weighted by Crippen LogP contribution is 2.17. The number of methoxy groups -OCH3 is 1. The average molecular weight is 294 g/mol. The maximum absolute atomic E-state index is 13.6. The molecule has 0 amide bonds. The van der Waals surface area contributed by atoms with Crippen molar-refractivity contribution in [2.24, 2.45) is 0 Å². The second-order valence-corrected chi connectivity index (χ2v) is 4.60. The molecule has 2 aromatic rings. The van der Waals surface area contributed by atoms with Crippen LogP contribution in [0.2, 0.25) is 5.02 Å². The molecule has 1 N–H and O–H groups in total. The van der Waals surface area contributed by atoms with E-state index in [1.54, 1.807) is 36.4 Å². The van der Waals surface area contributed by atoms with Gasteiger partial charge in [0.2, 0.25) is 0 Å². The summed E-state index contributed by atoms with van der Waals surface area (Å²) in [6.07, 6.45) is 0. The van der Waals surface area contributed by atoms with E-state index in [2.05, 4.69) is 10.1 Å². The van der Waals surface area contributed by atoms with E-state index in [0.29, 0.717) is 28.4 Å². The van der Waals surface area contributed by atoms with Crippen molar-refractivity contribution in [3.05, 3.63) is 64.4 Å². The standard InChI is InChI=1S/C15H13ClFNO2/c1-20-15(19)10-3-2-4-13(7-10)18-9-11-5-6-12(16)8-14(11)17/h2-8,18H,9H2,1H3. The summed E-state index contributed by atoms with van der Waals surface area (Å²) in [6, 6.07) is 11.3. The van der Waals surface area contributed by atoms with Gasteiger partial charge < -0.3 is 10.1 Å². The van der Waals surface area contributed by atoms with E-state index in [1.165, 1.54) is 13.2 Å². The van der Waals surface area contributed by atoms with Crippen molar-refractivity contribution in [1.82, 2.24) is 0 Å². The normalized spacial score (nSPS) is 10.2. The second-order valence-electron chi connectivity index (χ2n) is 4.16. The van der Waals surface area contributed by atoms with E-state index in [4.69, 9.17) is 11.6 Å². The van der Waals surface area contributed by atoms with Crippen LogP contribution in [0.5, 0.6) is 0 Å². The minimum absolute atomic E-state index is 0.299. The molecule has 0 aliphatic carbocycles. The molecule has 0 fully saturated rings. The molecule has 0 radical (unpaired) electrons. The lowest BCUT2D eigenvalue weighted by Gasteiger charge is -2.09. The molecule has 0 bridgehead atoms. The molecule has 0 aromatic heterocycles. The molecule has 0 saturated heterocycles. The molecule has 5 heteroatoms. The van der Waals surface area contributed by atoms with Gasteiger partial charge in [0, 0.05) is 22.8 Å². The Labute approximate surface area is 121 Å². The number of hydrogen-bond acceptors (Lipinski definition) is 3. The van der Waals surface area contributed by atoms with Gasteiger partial charge >= 0.3 is 5.97 Å². The van der Waals surface area contributed by atoms with E-state index in [-0.39, 0.29) is 5.82 Å². The van der Waals surface area contributed by atoms with E-state index in [1.807, 2.05) is 0 Å². The topological polar surface area (TPSA) is 38.3 Å². The summed E-state index contributed by atoms with van der Waals surface area (Å²) in [7, 11) is 1.32. The number of rotatable bonds is 4. The van der Waals surface area contributed by atoms with Crippen LogP contribution in [0.25, 0.3) is 0 Å². The number of ether oxygens (including phenoxy) is 1. The molecule has 2 rings (SSSR count). The number of halogens is 2. The van der Waals surface area contributed by atoms with Gasteiger partial charge in [-0.15, -0.1) is 0 Å². The van der Waals surface area contributed by atoms with Crippen LogP contribution in [0.15, 0.2) is 42.5 Å². The van der Waals surface area contributed by atoms with E-state index < -0.39 is 5.97 Å². The number of benzene rings is 2. The zero-order valence-corrected chi connectivity index (χ0v) is 11.6. The van der Waals surface area contributed by atoms with Gasteiger partial charge in [-0.05, 0) is 30.3 Å². The maximum Gasteiger partial charge on any atom is 0.337 e. The quantitative estimate of drug-likeness (QED) is 0.870. The van der Waals surface area contributed by atoms with Crippen LogP contribution in [-0.2, 0) is 11.3 Å². The number of carbonyl (C=O) groups is 1. The molecule has 0 heterocycles. The maximum atomic E-state index is 13.6. The van der Waals surface area contributed by atoms with Crippen molar-refractivity contribution in [3.8, 4) is 0 Å². The lowest BCUT2D eigenvalue weighted by Crippen LogP contribution is -2.04. The first-order valence-corrected chi connectivity index (χ1v) is 6.34. The molecule has 0 spiro atoms. The molecule has 0 atom stereocenters. The Morgan fingerprint density at radius 2 is 2.10 bits per heavy atom. The number of carbonyl (C=O) groups excluding carboxylic acids is 1. The van der Waals surface area contributed by atoms with Crippen LogP contribution in [0, 0.1) is 5.82 Å². The van der Waals surface area contributed by atoms with Crippen LogP contribution in [0.1, 0.15) is 15.9 Å². The van der Waals surface area contributed by atoms with Crippen LogP contribution in [0.4, 0.5) is 10.1 Å². The van der Waals surface area contributed by atoms with Gasteiger partial charge in [0.25, 0.3) is 0 Å². The van der Waals surface area contributed by atoms with Crippen molar-refractivity contribution >= 4 is 23.3 Å². The number of hydrogen-bond donors (Lipinski definition) is 1. The zero-order valence-electron chi connectivity index (χ0n) is 10.8. The fraction of sp³-hybridized carbons (Fsp3) is 0.133. The minimum Gasteiger partial charge on any atom is -0.465 e. The second kappa shape index (κ2) is 6.39. The van der Waals surface area contributed by atoms with Crippen LogP contribution in [0.3, 0.4) is 0 Å². The summed E-state index contributed by atoms with van der Waals surface area (Å²) in [4.78, 5) is 11.4. The van der Waals surface area contributed by atoms with E-state index in [9.17, 15) is 9.18 Å². The van der Waals surface area contributed by atoms with Gasteiger partial charge in [-0.3, -0.25) is 0 Å². The molecular formula is C15H13ClFNO2. The molecular weight excluding hydrogens is 281 g/mol. The lowest BCUT2D eigenvalue weighted by molar-refractivity contribution is 0.0601. The Hall–Kier alpha value is -2.07. The van der Waals surface area contributed by atoms with Gasteiger partial charge in [0.15, 0.2) is 0 Å². The average Bonchev–Trinajstić information content (AvgIpc) is 2.46. The molecule has 0 unspecified atom stereocenters. The summed E-state index contributed by atoms with van der Waals surface area (Å²) in [5.41, 5.74) is 1.65. The third-order valence-electron chi connectivity index (χ3n) is 2.78. The molecule has 3 nitrogen and oxygen atoms in total. The van der Waals surface area contributed by atoms with Crippen molar-refractivity contribution in [2.45, 2.75) is 6.54 Å². The fourth-order valence-electron chi connectivity index (χ4n) is 1.74. The summed E-state index contributed by atoms with van der Waals surface area (Å²) >= 11 is 5.69. The van der Waals surface area contributed by atoms with Crippen molar-refractivity contribution < 1.29 is 13.9 Å². The summed E-state index contributed by atoms with van der Waals surface area (Å²) in [5, 5.41) is 3.41. The highest BCUT2D eigenvalue weighted by molar-refractivity contribution is 6.30. The third-order valence-corrected chi connectivity index (χ3v) is 3.02. The molecule has 2 aromatic carbocycles. The predicted molar refractivity (Wildman–Crippen MR) is 76.5 cm³/mol. The number of esters is 1. The zero-order chi connectivity index (χ0) is 14.5. The smallest absolute Gasteiger partial charge is 0.337 e. The summed E-state index contributed by atoms with van der Waals surface area (Å²) < 4.78 is 18.3. The third kappa shape index (κ3) is 3.48. The molecule has 20 heavy (non-hydrogen) atoms. The monoisotopic (exact) mass is 293 g/mol. The number of anilines is 1. The Kier molecular flexibility index (Phi) is 4.58. The first-order valence-electron chi connectivity index (χ1n) is 5.96. The number of nitrogens with one attached hydrogen (secondary N) is 1. The van der Waals surface area contributed by atoms with Crippen LogP contribution < -0.4 is 5.32 Å². The van der Waals surface area contributed by atoms with Gasteiger partial charge in [-0.25, -0.2) is 9.18 Å². The first-order chi connectivity index (χ1) is 9.60. The summed E-state index contributed by atoms with van der Waals surface area (Å²) in [5.74, 6) is -0.777. The van der Waals surface area contributed by atoms with Gasteiger partial charge in [-0.1, -0.05) is 23.7 Å².